The van der Waals surface area contributed by atoms with Gasteiger partial charge in [0, 0.05) is 21.6 Å². The maximum Gasteiger partial charge on any atom is 0.328 e. The van der Waals surface area contributed by atoms with Gasteiger partial charge in [0.2, 0.25) is 0 Å². The fraction of sp³-hybridized carbons (Fsp3) is 0.182. The minimum absolute atomic E-state index is 0.465. The number of aryl methyl sites for hydroxylation is 1. The van der Waals surface area contributed by atoms with E-state index in [4.69, 9.17) is 5.11 Å². The Balaban J connectivity index is 2.71. The lowest BCUT2D eigenvalue weighted by atomic mass is 10.2. The van der Waals surface area contributed by atoms with Crippen molar-refractivity contribution in [3.8, 4) is 0 Å². The quantitative estimate of drug-likeness (QED) is 0.818. The number of hydrogen-bond donors (Lipinski definition) is 2. The first-order chi connectivity index (χ1) is 7.50. The van der Waals surface area contributed by atoms with Gasteiger partial charge in [0.15, 0.2) is 0 Å². The highest BCUT2D eigenvalue weighted by Crippen LogP contribution is 2.32. The van der Waals surface area contributed by atoms with Crippen LogP contribution in [0.15, 0.2) is 33.2 Å². The van der Waals surface area contributed by atoms with E-state index in [0.29, 0.717) is 6.54 Å². The molecular weight excluding hydrogens is 338 g/mol. The summed E-state index contributed by atoms with van der Waals surface area (Å²) in [5.74, 6) is -0.941. The zero-order chi connectivity index (χ0) is 12.1. The van der Waals surface area contributed by atoms with Crippen LogP contribution in [0.5, 0.6) is 0 Å². The van der Waals surface area contributed by atoms with E-state index in [1.807, 2.05) is 19.1 Å². The summed E-state index contributed by atoms with van der Waals surface area (Å²) in [6.07, 6.45) is 2.67. The van der Waals surface area contributed by atoms with Crippen molar-refractivity contribution in [1.82, 2.24) is 0 Å². The molecule has 0 radical (unpaired) electrons. The third kappa shape index (κ3) is 3.98. The first-order valence-corrected chi connectivity index (χ1v) is 6.18. The average molecular weight is 349 g/mol. The number of carboxylic acids is 1. The second kappa shape index (κ2) is 6.06. The molecule has 3 nitrogen and oxygen atoms in total. The zero-order valence-electron chi connectivity index (χ0n) is 8.63. The predicted octanol–water partition coefficient (Wildman–Crippen LogP) is 3.57. The second-order valence-corrected chi connectivity index (χ2v) is 4.93. The monoisotopic (exact) mass is 347 g/mol. The van der Waals surface area contributed by atoms with Gasteiger partial charge in [0.25, 0.3) is 0 Å². The molecule has 0 amide bonds. The van der Waals surface area contributed by atoms with Crippen LogP contribution in [0.3, 0.4) is 0 Å². The van der Waals surface area contributed by atoms with Crippen LogP contribution >= 0.6 is 31.9 Å². The first kappa shape index (κ1) is 13.3. The van der Waals surface area contributed by atoms with Crippen LogP contribution in [0, 0.1) is 6.92 Å². The van der Waals surface area contributed by atoms with Crippen molar-refractivity contribution in [1.29, 1.82) is 0 Å². The standard InChI is InChI=1S/C11H11Br2NO2/c1-7-5-8(12)11(9(13)6-7)14-4-2-3-10(15)16/h2-3,5-6,14H,4H2,1H3,(H,15,16)/b3-2+. The van der Waals surface area contributed by atoms with Gasteiger partial charge < -0.3 is 10.4 Å². The Morgan fingerprint density at radius 1 is 1.44 bits per heavy atom. The summed E-state index contributed by atoms with van der Waals surface area (Å²) in [4.78, 5) is 10.3. The van der Waals surface area contributed by atoms with E-state index in [2.05, 4.69) is 37.2 Å². The van der Waals surface area contributed by atoms with E-state index < -0.39 is 5.97 Å². The van der Waals surface area contributed by atoms with Gasteiger partial charge in [-0.25, -0.2) is 4.79 Å². The van der Waals surface area contributed by atoms with Gasteiger partial charge in [0.1, 0.15) is 0 Å². The lowest BCUT2D eigenvalue weighted by molar-refractivity contribution is -0.131. The fourth-order valence-electron chi connectivity index (χ4n) is 1.19. The smallest absolute Gasteiger partial charge is 0.328 e. The van der Waals surface area contributed by atoms with Gasteiger partial charge in [-0.2, -0.15) is 0 Å². The Kier molecular flexibility index (Phi) is 5.02. The molecule has 0 fully saturated rings. The minimum atomic E-state index is -0.941. The number of aliphatic carboxylic acids is 1. The van der Waals surface area contributed by atoms with Crippen molar-refractivity contribution in [2.45, 2.75) is 6.92 Å². The Labute approximate surface area is 111 Å². The Hall–Kier alpha value is -0.810. The number of nitrogens with one attached hydrogen (secondary N) is 1. The maximum absolute atomic E-state index is 10.3. The Morgan fingerprint density at radius 3 is 2.50 bits per heavy atom. The van der Waals surface area contributed by atoms with Crippen molar-refractivity contribution in [2.75, 3.05) is 11.9 Å². The molecular formula is C11H11Br2NO2. The number of halogens is 2. The topological polar surface area (TPSA) is 49.3 Å². The van der Waals surface area contributed by atoms with Crippen molar-refractivity contribution < 1.29 is 9.90 Å². The molecule has 0 aromatic heterocycles. The summed E-state index contributed by atoms with van der Waals surface area (Å²) in [5, 5.41) is 11.5. The second-order valence-electron chi connectivity index (χ2n) is 3.23. The van der Waals surface area contributed by atoms with E-state index in [1.54, 1.807) is 6.08 Å². The third-order valence-corrected chi connectivity index (χ3v) is 3.09. The number of carboxylic acid groups (broad SMARTS) is 1. The van der Waals surface area contributed by atoms with E-state index in [9.17, 15) is 4.79 Å². The summed E-state index contributed by atoms with van der Waals surface area (Å²) < 4.78 is 1.89. The highest BCUT2D eigenvalue weighted by molar-refractivity contribution is 9.11. The van der Waals surface area contributed by atoms with E-state index >= 15 is 0 Å². The normalized spacial score (nSPS) is 10.7. The van der Waals surface area contributed by atoms with Gasteiger partial charge >= 0.3 is 5.97 Å². The average Bonchev–Trinajstić information content (AvgIpc) is 2.14. The lowest BCUT2D eigenvalue weighted by Gasteiger charge is -2.09. The van der Waals surface area contributed by atoms with E-state index in [1.165, 1.54) is 0 Å². The molecule has 0 aliphatic rings. The Bertz CT molecular complexity index is 407. The van der Waals surface area contributed by atoms with Crippen LogP contribution < -0.4 is 5.32 Å². The summed E-state index contributed by atoms with van der Waals surface area (Å²) in [5.41, 5.74) is 2.06. The molecule has 0 aliphatic carbocycles. The number of benzene rings is 1. The maximum atomic E-state index is 10.3. The van der Waals surface area contributed by atoms with Crippen LogP contribution in [-0.2, 0) is 4.79 Å². The molecule has 1 rings (SSSR count). The van der Waals surface area contributed by atoms with Gasteiger partial charge in [-0.15, -0.1) is 0 Å². The van der Waals surface area contributed by atoms with E-state index in [-0.39, 0.29) is 0 Å². The van der Waals surface area contributed by atoms with Gasteiger partial charge in [-0.3, -0.25) is 0 Å². The number of hydrogen-bond acceptors (Lipinski definition) is 2. The number of rotatable bonds is 4. The molecule has 0 saturated heterocycles. The molecule has 1 aromatic rings. The molecule has 2 N–H and O–H groups in total. The van der Waals surface area contributed by atoms with E-state index in [0.717, 1.165) is 26.3 Å². The molecule has 5 heteroatoms. The largest absolute Gasteiger partial charge is 0.478 e. The molecule has 0 unspecified atom stereocenters. The van der Waals surface area contributed by atoms with Crippen LogP contribution in [-0.4, -0.2) is 17.6 Å². The van der Waals surface area contributed by atoms with Crippen LogP contribution in [0.4, 0.5) is 5.69 Å². The fourth-order valence-corrected chi connectivity index (χ4v) is 2.89. The van der Waals surface area contributed by atoms with Crippen molar-refractivity contribution >= 4 is 43.5 Å². The van der Waals surface area contributed by atoms with Gasteiger partial charge in [0.05, 0.1) is 5.69 Å². The SMILES string of the molecule is Cc1cc(Br)c(NC/C=C/C(=O)O)c(Br)c1. The third-order valence-electron chi connectivity index (χ3n) is 1.84. The molecule has 16 heavy (non-hydrogen) atoms. The van der Waals surface area contributed by atoms with Crippen molar-refractivity contribution in [3.05, 3.63) is 38.8 Å². The predicted molar refractivity (Wildman–Crippen MR) is 71.8 cm³/mol. The summed E-state index contributed by atoms with van der Waals surface area (Å²) >= 11 is 6.89. The molecule has 0 heterocycles. The highest BCUT2D eigenvalue weighted by Gasteiger charge is 2.04. The Morgan fingerprint density at radius 2 is 2.00 bits per heavy atom. The van der Waals surface area contributed by atoms with Gasteiger partial charge in [-0.1, -0.05) is 6.08 Å². The molecule has 86 valence electrons. The van der Waals surface area contributed by atoms with Gasteiger partial charge in [-0.05, 0) is 56.5 Å². The highest BCUT2D eigenvalue weighted by atomic mass is 79.9. The molecule has 0 spiro atoms. The van der Waals surface area contributed by atoms with Crippen molar-refractivity contribution in [2.24, 2.45) is 0 Å². The molecule has 0 bridgehead atoms. The molecule has 0 aliphatic heterocycles. The zero-order valence-corrected chi connectivity index (χ0v) is 11.8. The lowest BCUT2D eigenvalue weighted by Crippen LogP contribution is -2.01. The first-order valence-electron chi connectivity index (χ1n) is 4.59. The van der Waals surface area contributed by atoms with Crippen LogP contribution in [0.2, 0.25) is 0 Å². The van der Waals surface area contributed by atoms with Crippen molar-refractivity contribution in [3.63, 3.8) is 0 Å². The number of anilines is 1. The summed E-state index contributed by atoms with van der Waals surface area (Å²) in [7, 11) is 0. The van der Waals surface area contributed by atoms with Crippen LogP contribution in [0.1, 0.15) is 5.56 Å². The molecule has 1 aromatic carbocycles. The molecule has 0 atom stereocenters. The molecule has 0 saturated carbocycles. The minimum Gasteiger partial charge on any atom is -0.478 e. The summed E-state index contributed by atoms with van der Waals surface area (Å²) in [6, 6.07) is 3.99. The summed E-state index contributed by atoms with van der Waals surface area (Å²) in [6.45, 7) is 2.47. The number of carbonyl (C=O) groups is 1. The van der Waals surface area contributed by atoms with Crippen LogP contribution in [0.25, 0.3) is 0 Å².